The highest BCUT2D eigenvalue weighted by atomic mass is 16.4. The molecule has 5 heterocycles. The zero-order valence-electron chi connectivity index (χ0n) is 23.7. The SMILES string of the molecule is C=Cc1c(C)c2cc3nc(c4c5[nH]c(cc6nc(cc1[nH]2)C(C)=C6CC)c(C)c5C(=O)C4)C(CCC(=O)O)[C@@H]3C. The number of carbonyl (C=O) groups is 2. The highest BCUT2D eigenvalue weighted by Crippen LogP contribution is 2.44. The Labute approximate surface area is 233 Å². The fourth-order valence-corrected chi connectivity index (χ4v) is 6.71. The number of H-pyrrole nitrogens is 2. The number of aliphatic carboxylic acids is 1. The Kier molecular flexibility index (Phi) is 6.13. The minimum atomic E-state index is -0.831. The first-order valence-electron chi connectivity index (χ1n) is 14.0. The molecule has 0 aromatic carbocycles. The zero-order chi connectivity index (χ0) is 28.5. The van der Waals surface area contributed by atoms with Crippen molar-refractivity contribution in [3.05, 3.63) is 75.4 Å². The molecule has 0 amide bonds. The molecule has 3 aromatic rings. The average molecular weight is 535 g/mol. The highest BCUT2D eigenvalue weighted by Gasteiger charge is 2.35. The summed E-state index contributed by atoms with van der Waals surface area (Å²) in [6.07, 6.45) is 3.47. The van der Waals surface area contributed by atoms with E-state index in [1.807, 2.05) is 13.0 Å². The molecule has 1 unspecified atom stereocenters. The summed E-state index contributed by atoms with van der Waals surface area (Å²) in [5.74, 6) is -0.866. The number of allylic oxidation sites excluding steroid dienone is 2. The molecule has 0 saturated heterocycles. The number of aryl methyl sites for hydroxylation is 2. The van der Waals surface area contributed by atoms with Crippen LogP contribution in [0.2, 0.25) is 0 Å². The number of carbonyl (C=O) groups excluding carboxylic acids is 1. The molecule has 1 aliphatic carbocycles. The van der Waals surface area contributed by atoms with Gasteiger partial charge in [-0.25, -0.2) is 4.98 Å². The fraction of sp³-hybridized carbons (Fsp3) is 0.333. The molecular weight excluding hydrogens is 500 g/mol. The highest BCUT2D eigenvalue weighted by molar-refractivity contribution is 6.13. The Balaban J connectivity index is 1.77. The lowest BCUT2D eigenvalue weighted by Gasteiger charge is -2.16. The van der Waals surface area contributed by atoms with Crippen LogP contribution in [0.5, 0.6) is 0 Å². The number of fused-ring (bicyclic) bond motifs is 8. The van der Waals surface area contributed by atoms with Crippen molar-refractivity contribution < 1.29 is 14.7 Å². The molecule has 6 rings (SSSR count). The minimum absolute atomic E-state index is 0.00526. The van der Waals surface area contributed by atoms with E-state index in [1.165, 1.54) is 5.57 Å². The van der Waals surface area contributed by atoms with E-state index in [-0.39, 0.29) is 30.5 Å². The molecule has 2 aliphatic heterocycles. The van der Waals surface area contributed by atoms with E-state index < -0.39 is 5.97 Å². The van der Waals surface area contributed by atoms with E-state index in [4.69, 9.17) is 9.97 Å². The van der Waals surface area contributed by atoms with Crippen LogP contribution >= 0.6 is 0 Å². The van der Waals surface area contributed by atoms with Crippen LogP contribution in [-0.4, -0.2) is 36.8 Å². The summed E-state index contributed by atoms with van der Waals surface area (Å²) >= 11 is 0. The molecule has 0 fully saturated rings. The fourth-order valence-electron chi connectivity index (χ4n) is 6.71. The quantitative estimate of drug-likeness (QED) is 0.316. The first-order valence-corrected chi connectivity index (χ1v) is 14.0. The van der Waals surface area contributed by atoms with E-state index in [0.717, 1.165) is 79.1 Å². The van der Waals surface area contributed by atoms with Crippen molar-refractivity contribution in [2.75, 3.05) is 0 Å². The summed E-state index contributed by atoms with van der Waals surface area (Å²) < 4.78 is 0. The van der Waals surface area contributed by atoms with Gasteiger partial charge < -0.3 is 15.1 Å². The van der Waals surface area contributed by atoms with E-state index in [2.05, 4.69) is 62.4 Å². The number of Topliss-reactive ketones (excluding diaryl/α,β-unsaturated/α-hetero) is 1. The van der Waals surface area contributed by atoms with Gasteiger partial charge in [-0.05, 0) is 74.1 Å². The smallest absolute Gasteiger partial charge is 0.303 e. The standard InChI is InChI=1S/C33H34N4O3/c1-7-19-15(3)23-12-25-17(5)21(9-10-30(39)40)32(36-25)22-11-29(38)31-18(6)26(37-33(22)31)14-28-20(8-2)16(4)24(35-28)13-27(19)34-23/h7,12-14,17,21,34,37H,1,8-11H2,2-6H3,(H,39,40)/t17-,21?/m0/s1. The number of nitrogens with zero attached hydrogens (tertiary/aromatic N) is 2. The number of aromatic nitrogens is 4. The number of rotatable bonds is 5. The molecular formula is C33H34N4O3. The molecule has 204 valence electrons. The van der Waals surface area contributed by atoms with Crippen molar-refractivity contribution in [3.8, 4) is 0 Å². The second kappa shape index (κ2) is 9.44. The molecule has 3 aliphatic rings. The van der Waals surface area contributed by atoms with Gasteiger partial charge in [0.25, 0.3) is 0 Å². The molecule has 7 nitrogen and oxygen atoms in total. The predicted molar refractivity (Wildman–Crippen MR) is 159 cm³/mol. The van der Waals surface area contributed by atoms with Crippen LogP contribution in [0.1, 0.15) is 107 Å². The Hall–Kier alpha value is -4.26. The maximum atomic E-state index is 13.4. The van der Waals surface area contributed by atoms with Gasteiger partial charge in [0.2, 0.25) is 0 Å². The average Bonchev–Trinajstić information content (AvgIpc) is 3.65. The van der Waals surface area contributed by atoms with Gasteiger partial charge in [-0.15, -0.1) is 0 Å². The third-order valence-electron chi connectivity index (χ3n) is 9.02. The third kappa shape index (κ3) is 3.86. The Morgan fingerprint density at radius 1 is 1.07 bits per heavy atom. The monoisotopic (exact) mass is 534 g/mol. The lowest BCUT2D eigenvalue weighted by molar-refractivity contribution is -0.137. The summed E-state index contributed by atoms with van der Waals surface area (Å²) in [5.41, 5.74) is 14.0. The normalized spacial score (nSPS) is 18.1. The van der Waals surface area contributed by atoms with Gasteiger partial charge in [0.1, 0.15) is 0 Å². The van der Waals surface area contributed by atoms with Gasteiger partial charge in [-0.2, -0.15) is 0 Å². The maximum absolute atomic E-state index is 13.4. The topological polar surface area (TPSA) is 112 Å². The largest absolute Gasteiger partial charge is 0.481 e. The second-order valence-electron chi connectivity index (χ2n) is 11.2. The number of carboxylic acid groups (broad SMARTS) is 1. The summed E-state index contributed by atoms with van der Waals surface area (Å²) in [6.45, 7) is 14.5. The lowest BCUT2D eigenvalue weighted by Crippen LogP contribution is -2.08. The van der Waals surface area contributed by atoms with Crippen LogP contribution in [0, 0.1) is 13.8 Å². The van der Waals surface area contributed by atoms with Gasteiger partial charge in [0.05, 0.1) is 22.6 Å². The van der Waals surface area contributed by atoms with Crippen molar-refractivity contribution in [1.29, 1.82) is 0 Å². The predicted octanol–water partition coefficient (Wildman–Crippen LogP) is 7.41. The van der Waals surface area contributed by atoms with Crippen LogP contribution in [0.15, 0.2) is 24.8 Å². The maximum Gasteiger partial charge on any atom is 0.303 e. The molecule has 0 saturated carbocycles. The van der Waals surface area contributed by atoms with Gasteiger partial charge >= 0.3 is 5.97 Å². The molecule has 7 heteroatoms. The molecule has 3 aromatic heterocycles. The van der Waals surface area contributed by atoms with E-state index in [9.17, 15) is 14.7 Å². The first kappa shape index (κ1) is 26.0. The summed E-state index contributed by atoms with van der Waals surface area (Å²) in [4.78, 5) is 42.2. The van der Waals surface area contributed by atoms with E-state index >= 15 is 0 Å². The summed E-state index contributed by atoms with van der Waals surface area (Å²) in [6, 6.07) is 6.21. The number of hydrogen-bond donors (Lipinski definition) is 3. The Morgan fingerprint density at radius 2 is 1.80 bits per heavy atom. The minimum Gasteiger partial charge on any atom is -0.481 e. The lowest BCUT2D eigenvalue weighted by atomic mass is 9.85. The van der Waals surface area contributed by atoms with Crippen molar-refractivity contribution in [3.63, 3.8) is 0 Å². The molecule has 40 heavy (non-hydrogen) atoms. The van der Waals surface area contributed by atoms with Crippen LogP contribution in [0.4, 0.5) is 0 Å². The third-order valence-corrected chi connectivity index (χ3v) is 9.02. The zero-order valence-corrected chi connectivity index (χ0v) is 23.7. The van der Waals surface area contributed by atoms with Crippen LogP contribution < -0.4 is 0 Å². The van der Waals surface area contributed by atoms with E-state index in [1.54, 1.807) is 0 Å². The molecule has 8 bridgehead atoms. The van der Waals surface area contributed by atoms with Crippen molar-refractivity contribution >= 4 is 51.0 Å². The van der Waals surface area contributed by atoms with Crippen molar-refractivity contribution in [2.24, 2.45) is 0 Å². The summed E-state index contributed by atoms with van der Waals surface area (Å²) in [5, 5.41) is 9.49. The van der Waals surface area contributed by atoms with Gasteiger partial charge in [-0.3, -0.25) is 14.6 Å². The van der Waals surface area contributed by atoms with Crippen LogP contribution in [0.3, 0.4) is 0 Å². The van der Waals surface area contributed by atoms with Crippen molar-refractivity contribution in [2.45, 2.75) is 72.1 Å². The molecule has 0 spiro atoms. The number of ketones is 1. The number of nitrogens with one attached hydrogen (secondary N) is 2. The Morgan fingerprint density at radius 3 is 2.50 bits per heavy atom. The van der Waals surface area contributed by atoms with Gasteiger partial charge in [0.15, 0.2) is 5.78 Å². The van der Waals surface area contributed by atoms with Crippen LogP contribution in [-0.2, 0) is 11.2 Å². The second-order valence-corrected chi connectivity index (χ2v) is 11.2. The molecule has 3 N–H and O–H groups in total. The Bertz CT molecular complexity index is 1840. The van der Waals surface area contributed by atoms with E-state index in [0.29, 0.717) is 12.0 Å². The number of carboxylic acids is 1. The van der Waals surface area contributed by atoms with Crippen molar-refractivity contribution in [1.82, 2.24) is 19.9 Å². The van der Waals surface area contributed by atoms with Gasteiger partial charge in [-0.1, -0.05) is 26.5 Å². The molecule has 0 radical (unpaired) electrons. The number of hydrogen-bond acceptors (Lipinski definition) is 4. The van der Waals surface area contributed by atoms with Gasteiger partial charge in [0, 0.05) is 63.6 Å². The number of aromatic amines is 2. The summed E-state index contributed by atoms with van der Waals surface area (Å²) in [7, 11) is 0. The van der Waals surface area contributed by atoms with Crippen LogP contribution in [0.25, 0.3) is 39.3 Å². The molecule has 2 atom stereocenters. The first-order chi connectivity index (χ1) is 19.1.